The molecule has 0 unspecified atom stereocenters. The molecule has 0 aliphatic carbocycles. The van der Waals surface area contributed by atoms with Crippen LogP contribution < -0.4 is 9.47 Å². The van der Waals surface area contributed by atoms with Gasteiger partial charge in [0, 0.05) is 36.6 Å². The second kappa shape index (κ2) is 9.34. The normalized spacial score (nSPS) is 11.1. The fourth-order valence-corrected chi connectivity index (χ4v) is 4.35. The fourth-order valence-electron chi connectivity index (χ4n) is 4.35. The molecular formula is C29H29N5O2. The van der Waals surface area contributed by atoms with Gasteiger partial charge >= 0.3 is 0 Å². The number of nitrogens with zero attached hydrogens (tertiary/aromatic N) is 5. The average molecular weight is 480 g/mol. The Labute approximate surface area is 211 Å². The Kier molecular flexibility index (Phi) is 6.06. The minimum Gasteiger partial charge on any atom is -0.497 e. The molecule has 5 rings (SSSR count). The molecule has 0 aliphatic rings. The summed E-state index contributed by atoms with van der Waals surface area (Å²) in [5.41, 5.74) is 7.65. The second-order valence-electron chi connectivity index (χ2n) is 8.72. The fraction of sp³-hybridized carbons (Fsp3) is 0.207. The molecule has 182 valence electrons. The van der Waals surface area contributed by atoms with Crippen molar-refractivity contribution in [1.29, 1.82) is 0 Å². The molecule has 7 heteroatoms. The number of ether oxygens (including phenoxy) is 2. The monoisotopic (exact) mass is 479 g/mol. The van der Waals surface area contributed by atoms with Gasteiger partial charge in [-0.15, -0.1) is 0 Å². The molecule has 0 fully saturated rings. The van der Waals surface area contributed by atoms with Crippen LogP contribution in [0.3, 0.4) is 0 Å². The van der Waals surface area contributed by atoms with E-state index in [1.807, 2.05) is 80.8 Å². The Morgan fingerprint density at radius 1 is 0.556 bits per heavy atom. The van der Waals surface area contributed by atoms with Gasteiger partial charge in [0.2, 0.25) is 0 Å². The number of imidazole rings is 2. The van der Waals surface area contributed by atoms with Gasteiger partial charge < -0.3 is 18.6 Å². The summed E-state index contributed by atoms with van der Waals surface area (Å²) in [6.45, 7) is 4.15. The molecule has 0 atom stereocenters. The molecule has 36 heavy (non-hydrogen) atoms. The Morgan fingerprint density at radius 3 is 1.31 bits per heavy atom. The van der Waals surface area contributed by atoms with Crippen LogP contribution in [0, 0.1) is 13.8 Å². The van der Waals surface area contributed by atoms with Crippen molar-refractivity contribution in [2.45, 2.75) is 13.8 Å². The van der Waals surface area contributed by atoms with E-state index in [2.05, 4.69) is 23.0 Å². The Morgan fingerprint density at radius 2 is 0.944 bits per heavy atom. The highest BCUT2D eigenvalue weighted by molar-refractivity contribution is 5.70. The maximum Gasteiger partial charge on any atom is 0.159 e. The van der Waals surface area contributed by atoms with E-state index in [4.69, 9.17) is 24.4 Å². The number of hydrogen-bond acceptors (Lipinski definition) is 5. The molecule has 3 heterocycles. The van der Waals surface area contributed by atoms with E-state index in [0.717, 1.165) is 68.4 Å². The molecule has 0 aliphatic heterocycles. The highest BCUT2D eigenvalue weighted by atomic mass is 16.5. The number of pyridine rings is 1. The van der Waals surface area contributed by atoms with Crippen LogP contribution in [0.1, 0.15) is 11.4 Å². The number of aromatic nitrogens is 5. The lowest BCUT2D eigenvalue weighted by Gasteiger charge is -2.06. The van der Waals surface area contributed by atoms with Crippen LogP contribution in [0.25, 0.3) is 45.6 Å². The van der Waals surface area contributed by atoms with E-state index in [1.165, 1.54) is 0 Å². The second-order valence-corrected chi connectivity index (χ2v) is 8.72. The van der Waals surface area contributed by atoms with Crippen molar-refractivity contribution in [3.8, 4) is 57.1 Å². The zero-order valence-corrected chi connectivity index (χ0v) is 21.4. The summed E-state index contributed by atoms with van der Waals surface area (Å²) in [7, 11) is 7.37. The predicted molar refractivity (Wildman–Crippen MR) is 142 cm³/mol. The standard InChI is InChI=1S/C29H29N5O2/c1-18-26(20-10-14-22(35-5)15-11-20)31-28(33(18)3)24-8-7-9-25(30-24)29-32-27(19(2)34(29)4)21-12-16-23(36-6)17-13-21/h7-17H,1-6H3. The first-order valence-corrected chi connectivity index (χ1v) is 11.7. The molecule has 0 amide bonds. The number of rotatable bonds is 6. The number of methoxy groups -OCH3 is 2. The highest BCUT2D eigenvalue weighted by Crippen LogP contribution is 2.31. The van der Waals surface area contributed by atoms with E-state index in [1.54, 1.807) is 14.2 Å². The lowest BCUT2D eigenvalue weighted by molar-refractivity contribution is 0.415. The topological polar surface area (TPSA) is 67.0 Å². The van der Waals surface area contributed by atoms with Crippen LogP contribution in [0.5, 0.6) is 11.5 Å². The summed E-state index contributed by atoms with van der Waals surface area (Å²) in [4.78, 5) is 14.9. The van der Waals surface area contributed by atoms with Crippen molar-refractivity contribution in [3.05, 3.63) is 78.1 Å². The minimum absolute atomic E-state index is 0.796. The van der Waals surface area contributed by atoms with E-state index < -0.39 is 0 Å². The largest absolute Gasteiger partial charge is 0.497 e. The lowest BCUT2D eigenvalue weighted by atomic mass is 10.1. The van der Waals surface area contributed by atoms with Gasteiger partial charge in [0.25, 0.3) is 0 Å². The zero-order valence-electron chi connectivity index (χ0n) is 21.4. The zero-order chi connectivity index (χ0) is 25.4. The van der Waals surface area contributed by atoms with Gasteiger partial charge in [0.1, 0.15) is 22.9 Å². The molecule has 3 aromatic heterocycles. The summed E-state index contributed by atoms with van der Waals surface area (Å²) in [6.07, 6.45) is 0. The van der Waals surface area contributed by atoms with Gasteiger partial charge in [-0.1, -0.05) is 6.07 Å². The van der Waals surface area contributed by atoms with E-state index in [-0.39, 0.29) is 0 Å². The van der Waals surface area contributed by atoms with Crippen molar-refractivity contribution >= 4 is 0 Å². The summed E-state index contributed by atoms with van der Waals surface area (Å²) < 4.78 is 14.8. The van der Waals surface area contributed by atoms with Crippen LogP contribution in [-0.2, 0) is 14.1 Å². The molecule has 2 aromatic carbocycles. The number of benzene rings is 2. The molecule has 0 saturated carbocycles. The number of hydrogen-bond donors (Lipinski definition) is 0. The van der Waals surface area contributed by atoms with Crippen LogP contribution in [0.4, 0.5) is 0 Å². The quantitative estimate of drug-likeness (QED) is 0.306. The summed E-state index contributed by atoms with van der Waals surface area (Å²) >= 11 is 0. The summed E-state index contributed by atoms with van der Waals surface area (Å²) in [6, 6.07) is 21.9. The summed E-state index contributed by atoms with van der Waals surface area (Å²) in [5.74, 6) is 3.26. The minimum atomic E-state index is 0.796. The SMILES string of the molecule is COc1ccc(-c2nc(-c3cccc(-c4nc(-c5ccc(OC)cc5)c(C)n4C)n3)n(C)c2C)cc1. The van der Waals surface area contributed by atoms with Crippen molar-refractivity contribution in [2.75, 3.05) is 14.2 Å². The third-order valence-corrected chi connectivity index (χ3v) is 6.70. The van der Waals surface area contributed by atoms with E-state index in [9.17, 15) is 0 Å². The third-order valence-electron chi connectivity index (χ3n) is 6.70. The first-order valence-electron chi connectivity index (χ1n) is 11.7. The molecule has 7 nitrogen and oxygen atoms in total. The van der Waals surface area contributed by atoms with E-state index >= 15 is 0 Å². The van der Waals surface area contributed by atoms with Crippen molar-refractivity contribution in [1.82, 2.24) is 24.1 Å². The van der Waals surface area contributed by atoms with Gasteiger partial charge in [0.15, 0.2) is 11.6 Å². The third kappa shape index (κ3) is 4.02. The van der Waals surface area contributed by atoms with Crippen molar-refractivity contribution < 1.29 is 9.47 Å². The first-order chi connectivity index (χ1) is 17.4. The molecule has 0 spiro atoms. The van der Waals surface area contributed by atoms with Crippen molar-refractivity contribution in [3.63, 3.8) is 0 Å². The van der Waals surface area contributed by atoms with Gasteiger partial charge in [-0.25, -0.2) is 15.0 Å². The van der Waals surface area contributed by atoms with Crippen LogP contribution >= 0.6 is 0 Å². The van der Waals surface area contributed by atoms with Gasteiger partial charge in [-0.3, -0.25) is 0 Å². The molecule has 0 bridgehead atoms. The van der Waals surface area contributed by atoms with Gasteiger partial charge in [-0.2, -0.15) is 0 Å². The van der Waals surface area contributed by atoms with Gasteiger partial charge in [-0.05, 0) is 74.5 Å². The Bertz CT molecular complexity index is 1420. The van der Waals surface area contributed by atoms with Crippen LogP contribution in [-0.4, -0.2) is 38.3 Å². The first kappa shape index (κ1) is 23.4. The lowest BCUT2D eigenvalue weighted by Crippen LogP contribution is -2.00. The molecule has 5 aromatic rings. The highest BCUT2D eigenvalue weighted by Gasteiger charge is 2.19. The molecule has 0 radical (unpaired) electrons. The molecule has 0 saturated heterocycles. The smallest absolute Gasteiger partial charge is 0.159 e. The molecule has 0 N–H and O–H groups in total. The maximum atomic E-state index is 5.30. The van der Waals surface area contributed by atoms with Crippen LogP contribution in [0.15, 0.2) is 66.7 Å². The van der Waals surface area contributed by atoms with Crippen molar-refractivity contribution in [2.24, 2.45) is 14.1 Å². The van der Waals surface area contributed by atoms with E-state index in [0.29, 0.717) is 0 Å². The Balaban J connectivity index is 1.54. The maximum absolute atomic E-state index is 5.30. The molecular weight excluding hydrogens is 450 g/mol. The summed E-state index contributed by atoms with van der Waals surface area (Å²) in [5, 5.41) is 0. The predicted octanol–water partition coefficient (Wildman–Crippen LogP) is 5.85. The average Bonchev–Trinajstić information content (AvgIpc) is 3.39. The van der Waals surface area contributed by atoms with Crippen LogP contribution in [0.2, 0.25) is 0 Å². The Hall–Kier alpha value is -4.39. The van der Waals surface area contributed by atoms with Gasteiger partial charge in [0.05, 0.1) is 25.6 Å².